The van der Waals surface area contributed by atoms with Crippen LogP contribution < -0.4 is 4.74 Å². The third kappa shape index (κ3) is 2.06. The van der Waals surface area contributed by atoms with E-state index in [0.29, 0.717) is 4.83 Å². The minimum Gasteiger partial charge on any atom is -0.496 e. The minimum absolute atomic E-state index is 0.449. The number of hydrogen-bond acceptors (Lipinski definition) is 1. The normalized spacial score (nSPS) is 32.1. The molecule has 0 saturated heterocycles. The summed E-state index contributed by atoms with van der Waals surface area (Å²) in [5.74, 6) is 3.75. The lowest BCUT2D eigenvalue weighted by Gasteiger charge is -2.16. The summed E-state index contributed by atoms with van der Waals surface area (Å²) in [6.45, 7) is 0. The summed E-state index contributed by atoms with van der Waals surface area (Å²) in [6.07, 6.45) is 4.28. The lowest BCUT2D eigenvalue weighted by molar-refractivity contribution is 0.406. The Kier molecular flexibility index (Phi) is 3.24. The van der Waals surface area contributed by atoms with Gasteiger partial charge in [0.25, 0.3) is 0 Å². The Bertz CT molecular complexity index is 422. The van der Waals surface area contributed by atoms with E-state index in [2.05, 4.69) is 37.9 Å². The summed E-state index contributed by atoms with van der Waals surface area (Å²) in [5.41, 5.74) is 1.29. The van der Waals surface area contributed by atoms with Crippen molar-refractivity contribution in [1.82, 2.24) is 0 Å². The van der Waals surface area contributed by atoms with E-state index in [1.807, 2.05) is 12.1 Å². The molecule has 0 radical (unpaired) electrons. The fraction of sp³-hybridized carbons (Fsp3) is 0.571. The van der Waals surface area contributed by atoms with Gasteiger partial charge in [-0.3, -0.25) is 0 Å². The van der Waals surface area contributed by atoms with E-state index in [-0.39, 0.29) is 0 Å². The molecule has 2 saturated carbocycles. The number of rotatable bonds is 3. The maximum atomic E-state index is 5.47. The van der Waals surface area contributed by atoms with Crippen LogP contribution in [0.3, 0.4) is 0 Å². The summed E-state index contributed by atoms with van der Waals surface area (Å²) >= 11 is 7.44. The van der Waals surface area contributed by atoms with E-state index in [1.54, 1.807) is 7.11 Å². The second kappa shape index (κ2) is 4.58. The van der Waals surface area contributed by atoms with Gasteiger partial charge in [0.1, 0.15) is 5.75 Å². The summed E-state index contributed by atoms with van der Waals surface area (Å²) in [4.78, 5) is 0.449. The molecule has 0 bridgehead atoms. The molecule has 3 unspecified atom stereocenters. The molecule has 0 aromatic heterocycles. The van der Waals surface area contributed by atoms with Crippen LogP contribution in [0.25, 0.3) is 0 Å². The van der Waals surface area contributed by atoms with Gasteiger partial charge in [-0.2, -0.15) is 0 Å². The van der Waals surface area contributed by atoms with Crippen molar-refractivity contribution in [2.75, 3.05) is 7.11 Å². The standard InChI is InChI=1S/C14H16Br2O/c1-17-12-6-5-8(15)7-11(12)14(16)13-9-3-2-4-10(9)13/h5-7,9-10,13-14H,2-4H2,1H3. The highest BCUT2D eigenvalue weighted by atomic mass is 79.9. The number of hydrogen-bond donors (Lipinski definition) is 0. The average Bonchev–Trinajstić information content (AvgIpc) is 2.81. The van der Waals surface area contributed by atoms with E-state index in [4.69, 9.17) is 4.74 Å². The lowest BCUT2D eigenvalue weighted by Crippen LogP contribution is -2.01. The van der Waals surface area contributed by atoms with Crippen LogP contribution in [0.2, 0.25) is 0 Å². The number of fused-ring (bicyclic) bond motifs is 1. The fourth-order valence-corrected chi connectivity index (χ4v) is 4.96. The topological polar surface area (TPSA) is 9.23 Å². The lowest BCUT2D eigenvalue weighted by atomic mass is 10.0. The van der Waals surface area contributed by atoms with Crippen molar-refractivity contribution in [1.29, 1.82) is 0 Å². The number of methoxy groups -OCH3 is 1. The first-order valence-electron chi connectivity index (χ1n) is 6.20. The molecule has 0 N–H and O–H groups in total. The molecule has 0 amide bonds. The average molecular weight is 360 g/mol. The molecule has 0 heterocycles. The molecule has 0 aliphatic heterocycles. The van der Waals surface area contributed by atoms with E-state index in [0.717, 1.165) is 28.0 Å². The molecule has 2 aliphatic rings. The Hall–Kier alpha value is -0.0200. The zero-order chi connectivity index (χ0) is 12.0. The molecule has 17 heavy (non-hydrogen) atoms. The summed E-state index contributed by atoms with van der Waals surface area (Å²) in [6, 6.07) is 6.27. The Morgan fingerprint density at radius 3 is 2.65 bits per heavy atom. The van der Waals surface area contributed by atoms with Gasteiger partial charge in [-0.15, -0.1) is 0 Å². The molecule has 3 rings (SSSR count). The van der Waals surface area contributed by atoms with E-state index in [1.165, 1.54) is 24.8 Å². The van der Waals surface area contributed by atoms with Crippen LogP contribution in [0.4, 0.5) is 0 Å². The molecular formula is C14H16Br2O. The third-order valence-corrected chi connectivity index (χ3v) is 5.90. The van der Waals surface area contributed by atoms with Crippen molar-refractivity contribution < 1.29 is 4.74 Å². The van der Waals surface area contributed by atoms with Crippen LogP contribution in [0.15, 0.2) is 22.7 Å². The van der Waals surface area contributed by atoms with Crippen LogP contribution in [0, 0.1) is 17.8 Å². The predicted octanol–water partition coefficient (Wildman–Crippen LogP) is 4.94. The number of benzene rings is 1. The van der Waals surface area contributed by atoms with Crippen LogP contribution in [-0.2, 0) is 0 Å². The van der Waals surface area contributed by atoms with Gasteiger partial charge in [-0.05, 0) is 48.8 Å². The first kappa shape index (κ1) is 12.0. The van der Waals surface area contributed by atoms with Gasteiger partial charge >= 0.3 is 0 Å². The highest BCUT2D eigenvalue weighted by Crippen LogP contribution is 2.65. The zero-order valence-electron chi connectivity index (χ0n) is 9.83. The van der Waals surface area contributed by atoms with E-state index < -0.39 is 0 Å². The first-order chi connectivity index (χ1) is 8.22. The van der Waals surface area contributed by atoms with Gasteiger partial charge in [-0.25, -0.2) is 0 Å². The molecule has 1 aromatic carbocycles. The Balaban J connectivity index is 1.85. The van der Waals surface area contributed by atoms with Gasteiger partial charge in [-0.1, -0.05) is 38.3 Å². The molecular weight excluding hydrogens is 344 g/mol. The monoisotopic (exact) mass is 358 g/mol. The quantitative estimate of drug-likeness (QED) is 0.694. The van der Waals surface area contributed by atoms with Crippen LogP contribution in [0.5, 0.6) is 5.75 Å². The van der Waals surface area contributed by atoms with Crippen LogP contribution in [0.1, 0.15) is 29.7 Å². The second-order valence-corrected chi connectivity index (χ2v) is 7.03. The van der Waals surface area contributed by atoms with Gasteiger partial charge in [0.15, 0.2) is 0 Å². The van der Waals surface area contributed by atoms with Crippen molar-refractivity contribution in [2.24, 2.45) is 17.8 Å². The van der Waals surface area contributed by atoms with E-state index >= 15 is 0 Å². The van der Waals surface area contributed by atoms with Gasteiger partial charge < -0.3 is 4.74 Å². The molecule has 1 nitrogen and oxygen atoms in total. The van der Waals surface area contributed by atoms with Crippen molar-refractivity contribution in [2.45, 2.75) is 24.1 Å². The largest absolute Gasteiger partial charge is 0.496 e. The Morgan fingerprint density at radius 2 is 2.00 bits per heavy atom. The number of halogens is 2. The fourth-order valence-electron chi connectivity index (χ4n) is 3.44. The van der Waals surface area contributed by atoms with Crippen LogP contribution in [-0.4, -0.2) is 7.11 Å². The molecule has 0 spiro atoms. The molecule has 1 aromatic rings. The summed E-state index contributed by atoms with van der Waals surface area (Å²) < 4.78 is 6.60. The van der Waals surface area contributed by atoms with Crippen LogP contribution >= 0.6 is 31.9 Å². The van der Waals surface area contributed by atoms with Crippen molar-refractivity contribution in [3.63, 3.8) is 0 Å². The highest BCUT2D eigenvalue weighted by Gasteiger charge is 2.55. The first-order valence-corrected chi connectivity index (χ1v) is 7.90. The highest BCUT2D eigenvalue weighted by molar-refractivity contribution is 9.10. The molecule has 2 fully saturated rings. The third-order valence-electron chi connectivity index (χ3n) is 4.30. The predicted molar refractivity (Wildman–Crippen MR) is 76.7 cm³/mol. The zero-order valence-corrected chi connectivity index (χ0v) is 13.0. The maximum Gasteiger partial charge on any atom is 0.123 e. The summed E-state index contributed by atoms with van der Waals surface area (Å²) in [5, 5.41) is 0. The molecule has 92 valence electrons. The summed E-state index contributed by atoms with van der Waals surface area (Å²) in [7, 11) is 1.75. The van der Waals surface area contributed by atoms with E-state index in [9.17, 15) is 0 Å². The maximum absolute atomic E-state index is 5.47. The smallest absolute Gasteiger partial charge is 0.123 e. The van der Waals surface area contributed by atoms with Crippen molar-refractivity contribution in [3.05, 3.63) is 28.2 Å². The molecule has 3 atom stereocenters. The SMILES string of the molecule is COc1ccc(Br)cc1C(Br)C1C2CCCC21. The Labute approximate surface area is 119 Å². The number of ether oxygens (including phenoxy) is 1. The molecule has 3 heteroatoms. The van der Waals surface area contributed by atoms with Crippen molar-refractivity contribution in [3.8, 4) is 5.75 Å². The minimum atomic E-state index is 0.449. The van der Waals surface area contributed by atoms with Gasteiger partial charge in [0.05, 0.1) is 7.11 Å². The Morgan fingerprint density at radius 1 is 1.29 bits per heavy atom. The van der Waals surface area contributed by atoms with Gasteiger partial charge in [0.2, 0.25) is 0 Å². The van der Waals surface area contributed by atoms with Gasteiger partial charge in [0, 0.05) is 14.9 Å². The van der Waals surface area contributed by atoms with Crippen molar-refractivity contribution >= 4 is 31.9 Å². The number of alkyl halides is 1. The second-order valence-electron chi connectivity index (χ2n) is 5.12. The molecule has 2 aliphatic carbocycles.